The van der Waals surface area contributed by atoms with Gasteiger partial charge in [0, 0.05) is 0 Å². The number of ether oxygens (including phenoxy) is 1. The Balaban J connectivity index is 2.80. The van der Waals surface area contributed by atoms with Gasteiger partial charge in [0.25, 0.3) is 0 Å². The van der Waals surface area contributed by atoms with Crippen LogP contribution in [-0.4, -0.2) is 22.0 Å². The van der Waals surface area contributed by atoms with Gasteiger partial charge in [0.15, 0.2) is 5.69 Å². The Kier molecular flexibility index (Phi) is 3.85. The Hall–Kier alpha value is -2.21. The van der Waals surface area contributed by atoms with Gasteiger partial charge in [0.1, 0.15) is 11.9 Å². The summed E-state index contributed by atoms with van der Waals surface area (Å²) in [5.41, 5.74) is 2.31. The average Bonchev–Trinajstić information content (AvgIpc) is 2.37. The van der Waals surface area contributed by atoms with Gasteiger partial charge in [-0.05, 0) is 42.6 Å². The molecule has 0 aliphatic heterocycles. The Labute approximate surface area is 120 Å². The predicted molar refractivity (Wildman–Crippen MR) is 75.2 cm³/mol. The van der Waals surface area contributed by atoms with Crippen molar-refractivity contribution >= 4 is 17.3 Å². The molecule has 0 saturated heterocycles. The van der Waals surface area contributed by atoms with Crippen molar-refractivity contribution in [2.75, 3.05) is 7.11 Å². The second-order valence-corrected chi connectivity index (χ2v) is 4.63. The number of hydrogen-bond acceptors (Lipinski definition) is 5. The predicted octanol–water partition coefficient (Wildman–Crippen LogP) is 3.33. The zero-order chi connectivity index (χ0) is 14.9. The van der Waals surface area contributed by atoms with E-state index in [9.17, 15) is 10.1 Å². The molecular weight excluding hydrogens is 282 g/mol. The molecule has 2 aromatic rings. The number of halogens is 1. The van der Waals surface area contributed by atoms with E-state index in [1.165, 1.54) is 7.11 Å². The molecule has 2 rings (SSSR count). The molecule has 1 aromatic heterocycles. The molecule has 0 aliphatic rings. The molecule has 7 heteroatoms. The van der Waals surface area contributed by atoms with Crippen LogP contribution in [0, 0.1) is 24.0 Å². The lowest BCUT2D eigenvalue weighted by Crippen LogP contribution is -2.00. The zero-order valence-electron chi connectivity index (χ0n) is 11.2. The van der Waals surface area contributed by atoms with Gasteiger partial charge in [-0.25, -0.2) is 9.97 Å². The van der Waals surface area contributed by atoms with Crippen LogP contribution in [0.5, 0.6) is 5.75 Å². The summed E-state index contributed by atoms with van der Waals surface area (Å²) in [6.07, 6.45) is 1.10. The van der Waals surface area contributed by atoms with Crippen LogP contribution in [0.1, 0.15) is 11.1 Å². The van der Waals surface area contributed by atoms with Crippen molar-refractivity contribution in [3.63, 3.8) is 0 Å². The van der Waals surface area contributed by atoms with Gasteiger partial charge in [-0.2, -0.15) is 0 Å². The zero-order valence-corrected chi connectivity index (χ0v) is 11.9. The van der Waals surface area contributed by atoms with Crippen molar-refractivity contribution in [1.82, 2.24) is 9.97 Å². The smallest absolute Gasteiger partial charge is 0.313 e. The van der Waals surface area contributed by atoms with Crippen molar-refractivity contribution in [1.29, 1.82) is 0 Å². The maximum Gasteiger partial charge on any atom is 0.313 e. The number of aromatic nitrogens is 2. The molecule has 0 unspecified atom stereocenters. The van der Waals surface area contributed by atoms with E-state index in [1.54, 1.807) is 6.07 Å². The maximum atomic E-state index is 11.1. The highest BCUT2D eigenvalue weighted by atomic mass is 35.5. The summed E-state index contributed by atoms with van der Waals surface area (Å²) < 4.78 is 5.31. The van der Waals surface area contributed by atoms with E-state index in [0.29, 0.717) is 11.3 Å². The summed E-state index contributed by atoms with van der Waals surface area (Å²) in [4.78, 5) is 18.2. The first-order valence-electron chi connectivity index (χ1n) is 5.76. The average molecular weight is 294 g/mol. The number of methoxy groups -OCH3 is 1. The number of aryl methyl sites for hydroxylation is 2. The van der Waals surface area contributed by atoms with Crippen LogP contribution in [-0.2, 0) is 0 Å². The van der Waals surface area contributed by atoms with Gasteiger partial charge in [-0.3, -0.25) is 10.1 Å². The highest BCUT2D eigenvalue weighted by molar-refractivity contribution is 6.28. The Morgan fingerprint density at radius 3 is 2.65 bits per heavy atom. The standard InChI is InChI=1S/C13H12ClN3O3/c1-7-4-8(2)11(10(5-7)20-3)12-9(17(18)19)6-15-13(14)16-12/h4-6H,1-3H3. The van der Waals surface area contributed by atoms with Crippen LogP contribution >= 0.6 is 11.6 Å². The normalized spacial score (nSPS) is 10.4. The molecule has 6 nitrogen and oxygen atoms in total. The molecule has 0 N–H and O–H groups in total. The summed E-state index contributed by atoms with van der Waals surface area (Å²) in [5, 5.41) is 11.1. The molecule has 0 amide bonds. The van der Waals surface area contributed by atoms with E-state index in [1.807, 2.05) is 19.9 Å². The lowest BCUT2D eigenvalue weighted by Gasteiger charge is -2.12. The molecule has 0 aliphatic carbocycles. The van der Waals surface area contributed by atoms with E-state index in [2.05, 4.69) is 9.97 Å². The van der Waals surface area contributed by atoms with Crippen molar-refractivity contribution in [3.05, 3.63) is 44.9 Å². The highest BCUT2D eigenvalue weighted by Gasteiger charge is 2.23. The summed E-state index contributed by atoms with van der Waals surface area (Å²) in [7, 11) is 1.51. The highest BCUT2D eigenvalue weighted by Crippen LogP contribution is 2.38. The fraction of sp³-hybridized carbons (Fsp3) is 0.231. The van der Waals surface area contributed by atoms with Gasteiger partial charge < -0.3 is 4.74 Å². The molecule has 1 heterocycles. The minimum absolute atomic E-state index is 0.0485. The van der Waals surface area contributed by atoms with Crippen molar-refractivity contribution in [2.45, 2.75) is 13.8 Å². The molecule has 1 aromatic carbocycles. The number of benzene rings is 1. The number of rotatable bonds is 3. The van der Waals surface area contributed by atoms with Gasteiger partial charge in [-0.1, -0.05) is 6.07 Å². The van der Waals surface area contributed by atoms with Crippen LogP contribution in [0.3, 0.4) is 0 Å². The Bertz CT molecular complexity index is 689. The van der Waals surface area contributed by atoms with Crippen molar-refractivity contribution in [2.24, 2.45) is 0 Å². The minimum Gasteiger partial charge on any atom is -0.496 e. The van der Waals surface area contributed by atoms with Crippen LogP contribution in [0.2, 0.25) is 5.28 Å². The monoisotopic (exact) mass is 293 g/mol. The van der Waals surface area contributed by atoms with Gasteiger partial charge in [0.05, 0.1) is 17.6 Å². The summed E-state index contributed by atoms with van der Waals surface area (Å²) in [5.74, 6) is 0.514. The lowest BCUT2D eigenvalue weighted by atomic mass is 10.0. The van der Waals surface area contributed by atoms with Gasteiger partial charge in [-0.15, -0.1) is 0 Å². The lowest BCUT2D eigenvalue weighted by molar-refractivity contribution is -0.384. The second-order valence-electron chi connectivity index (χ2n) is 4.29. The van der Waals surface area contributed by atoms with E-state index in [-0.39, 0.29) is 16.7 Å². The summed E-state index contributed by atoms with van der Waals surface area (Å²) in [6.45, 7) is 3.76. The van der Waals surface area contributed by atoms with Crippen molar-refractivity contribution < 1.29 is 9.66 Å². The third kappa shape index (κ3) is 2.55. The first-order chi connectivity index (χ1) is 9.43. The minimum atomic E-state index is -0.537. The third-order valence-electron chi connectivity index (χ3n) is 2.84. The summed E-state index contributed by atoms with van der Waals surface area (Å²) >= 11 is 5.76. The number of nitrogens with zero attached hydrogens (tertiary/aromatic N) is 3. The van der Waals surface area contributed by atoms with Crippen molar-refractivity contribution in [3.8, 4) is 17.0 Å². The van der Waals surface area contributed by atoms with E-state index in [0.717, 1.165) is 17.3 Å². The van der Waals surface area contributed by atoms with Crippen LogP contribution in [0.4, 0.5) is 5.69 Å². The van der Waals surface area contributed by atoms with E-state index in [4.69, 9.17) is 16.3 Å². The molecule has 0 atom stereocenters. The molecule has 0 spiro atoms. The first-order valence-corrected chi connectivity index (χ1v) is 6.14. The molecule has 0 radical (unpaired) electrons. The van der Waals surface area contributed by atoms with Crippen LogP contribution in [0.15, 0.2) is 18.3 Å². The topological polar surface area (TPSA) is 78.2 Å². The van der Waals surface area contributed by atoms with E-state index >= 15 is 0 Å². The molecular formula is C13H12ClN3O3. The third-order valence-corrected chi connectivity index (χ3v) is 3.02. The van der Waals surface area contributed by atoms with Gasteiger partial charge >= 0.3 is 5.69 Å². The molecule has 0 fully saturated rings. The Morgan fingerprint density at radius 2 is 2.05 bits per heavy atom. The van der Waals surface area contributed by atoms with Crippen LogP contribution in [0.25, 0.3) is 11.3 Å². The molecule has 104 valence electrons. The van der Waals surface area contributed by atoms with Gasteiger partial charge in [0.2, 0.25) is 5.28 Å². The second kappa shape index (κ2) is 5.42. The SMILES string of the molecule is COc1cc(C)cc(C)c1-c1nc(Cl)ncc1[N+](=O)[O-]. The quantitative estimate of drug-likeness (QED) is 0.493. The number of hydrogen-bond donors (Lipinski definition) is 0. The summed E-state index contributed by atoms with van der Waals surface area (Å²) in [6, 6.07) is 3.69. The fourth-order valence-corrected chi connectivity index (χ4v) is 2.20. The van der Waals surface area contributed by atoms with E-state index < -0.39 is 4.92 Å². The maximum absolute atomic E-state index is 11.1. The molecule has 0 saturated carbocycles. The Morgan fingerprint density at radius 1 is 1.35 bits per heavy atom. The fourth-order valence-electron chi connectivity index (χ4n) is 2.06. The first kappa shape index (κ1) is 14.2. The molecule has 0 bridgehead atoms. The van der Waals surface area contributed by atoms with Crippen LogP contribution < -0.4 is 4.74 Å². The number of nitro groups is 1. The molecule has 20 heavy (non-hydrogen) atoms. The largest absolute Gasteiger partial charge is 0.496 e.